The minimum atomic E-state index is -3.28. The first-order valence-corrected chi connectivity index (χ1v) is 8.08. The maximum Gasteiger partial charge on any atom is 0.270 e. The molecule has 3 nitrogen and oxygen atoms in total. The monoisotopic (exact) mass is 246 g/mol. The summed E-state index contributed by atoms with van der Waals surface area (Å²) in [6, 6.07) is 0. The van der Waals surface area contributed by atoms with Crippen molar-refractivity contribution in [2.24, 2.45) is 0 Å². The Morgan fingerprint density at radius 2 is 1.25 bits per heavy atom. The van der Waals surface area contributed by atoms with Gasteiger partial charge in [-0.05, 0) is 25.7 Å². The van der Waals surface area contributed by atoms with Gasteiger partial charge in [0.2, 0.25) is 0 Å². The van der Waals surface area contributed by atoms with Gasteiger partial charge in [0, 0.05) is 0 Å². The van der Waals surface area contributed by atoms with Crippen LogP contribution in [0.5, 0.6) is 0 Å². The van der Waals surface area contributed by atoms with Crippen LogP contribution in [0.2, 0.25) is 0 Å². The van der Waals surface area contributed by atoms with Crippen LogP contribution in [0.25, 0.3) is 0 Å². The van der Waals surface area contributed by atoms with E-state index in [1.54, 1.807) is 0 Å². The first-order valence-electron chi connectivity index (χ1n) is 6.60. The molecule has 0 atom stereocenters. The van der Waals surface area contributed by atoms with Crippen LogP contribution in [-0.2, 0) is 14.3 Å². The predicted molar refractivity (Wildman–Crippen MR) is 63.8 cm³/mol. The lowest BCUT2D eigenvalue weighted by Gasteiger charge is -2.26. The summed E-state index contributed by atoms with van der Waals surface area (Å²) in [6.45, 7) is 0. The first-order chi connectivity index (χ1) is 7.68. The minimum absolute atomic E-state index is 0.0272. The fourth-order valence-corrected chi connectivity index (χ4v) is 4.42. The standard InChI is InChI=1S/C12H22O3S/c13-16(14,12-9-5-2-6-10-12)15-11-7-3-1-4-8-11/h11-12H,1-10H2. The highest BCUT2D eigenvalue weighted by atomic mass is 32.2. The normalized spacial score (nSPS) is 25.8. The Hall–Kier alpha value is -0.0900. The molecule has 94 valence electrons. The second kappa shape index (κ2) is 5.50. The van der Waals surface area contributed by atoms with Gasteiger partial charge >= 0.3 is 0 Å². The zero-order valence-corrected chi connectivity index (χ0v) is 10.7. The molecule has 0 bridgehead atoms. The first kappa shape index (κ1) is 12.4. The summed E-state index contributed by atoms with van der Waals surface area (Å²) >= 11 is 0. The summed E-state index contributed by atoms with van der Waals surface area (Å²) < 4.78 is 29.5. The summed E-state index contributed by atoms with van der Waals surface area (Å²) in [5, 5.41) is -0.219. The summed E-state index contributed by atoms with van der Waals surface area (Å²) in [5.74, 6) is 0. The predicted octanol–water partition coefficient (Wildman–Crippen LogP) is 3.00. The van der Waals surface area contributed by atoms with Gasteiger partial charge in [0.15, 0.2) is 0 Å². The van der Waals surface area contributed by atoms with Gasteiger partial charge in [-0.1, -0.05) is 38.5 Å². The molecule has 0 unspecified atom stereocenters. The van der Waals surface area contributed by atoms with Crippen LogP contribution >= 0.6 is 0 Å². The topological polar surface area (TPSA) is 43.4 Å². The van der Waals surface area contributed by atoms with Gasteiger partial charge in [0.1, 0.15) is 0 Å². The SMILES string of the molecule is O=S(=O)(OC1CCCCC1)C1CCCCC1. The van der Waals surface area contributed by atoms with Crippen molar-refractivity contribution >= 4 is 10.1 Å². The average Bonchev–Trinajstić information content (AvgIpc) is 2.31. The quantitative estimate of drug-likeness (QED) is 0.719. The molecular weight excluding hydrogens is 224 g/mol. The lowest BCUT2D eigenvalue weighted by Crippen LogP contribution is -2.30. The average molecular weight is 246 g/mol. The van der Waals surface area contributed by atoms with Gasteiger partial charge in [0.05, 0.1) is 11.4 Å². The van der Waals surface area contributed by atoms with Crippen molar-refractivity contribution in [3.63, 3.8) is 0 Å². The lowest BCUT2D eigenvalue weighted by atomic mass is 9.98. The highest BCUT2D eigenvalue weighted by Crippen LogP contribution is 2.28. The van der Waals surface area contributed by atoms with E-state index in [4.69, 9.17) is 4.18 Å². The minimum Gasteiger partial charge on any atom is -0.267 e. The van der Waals surface area contributed by atoms with E-state index in [1.165, 1.54) is 12.8 Å². The molecular formula is C12H22O3S. The zero-order valence-electron chi connectivity index (χ0n) is 9.86. The summed E-state index contributed by atoms with van der Waals surface area (Å²) in [5.41, 5.74) is 0. The molecule has 0 spiro atoms. The van der Waals surface area contributed by atoms with Crippen molar-refractivity contribution in [2.45, 2.75) is 75.6 Å². The number of rotatable bonds is 3. The molecule has 0 radical (unpaired) electrons. The van der Waals surface area contributed by atoms with Crippen LogP contribution in [0, 0.1) is 0 Å². The van der Waals surface area contributed by atoms with Gasteiger partial charge in [0.25, 0.3) is 10.1 Å². The third-order valence-corrected chi connectivity index (χ3v) is 5.61. The highest BCUT2D eigenvalue weighted by molar-refractivity contribution is 7.87. The van der Waals surface area contributed by atoms with Crippen LogP contribution in [0.1, 0.15) is 64.2 Å². The van der Waals surface area contributed by atoms with Gasteiger partial charge < -0.3 is 0 Å². The van der Waals surface area contributed by atoms with Crippen molar-refractivity contribution in [1.29, 1.82) is 0 Å². The largest absolute Gasteiger partial charge is 0.270 e. The van der Waals surface area contributed by atoms with E-state index < -0.39 is 10.1 Å². The van der Waals surface area contributed by atoms with E-state index in [-0.39, 0.29) is 11.4 Å². The molecule has 0 aromatic rings. The van der Waals surface area contributed by atoms with E-state index in [0.717, 1.165) is 51.4 Å². The van der Waals surface area contributed by atoms with Gasteiger partial charge in [-0.25, -0.2) is 0 Å². The maximum absolute atomic E-state index is 12.0. The Balaban J connectivity index is 1.90. The molecule has 0 aliphatic heterocycles. The molecule has 2 rings (SSSR count). The van der Waals surface area contributed by atoms with Crippen LogP contribution in [0.3, 0.4) is 0 Å². The van der Waals surface area contributed by atoms with E-state index in [9.17, 15) is 8.42 Å². The van der Waals surface area contributed by atoms with Crippen molar-refractivity contribution < 1.29 is 12.6 Å². The van der Waals surface area contributed by atoms with E-state index in [2.05, 4.69) is 0 Å². The molecule has 16 heavy (non-hydrogen) atoms. The second-order valence-corrected chi connectivity index (χ2v) is 6.95. The van der Waals surface area contributed by atoms with Gasteiger partial charge in [-0.15, -0.1) is 0 Å². The second-order valence-electron chi connectivity index (χ2n) is 5.11. The van der Waals surface area contributed by atoms with Crippen molar-refractivity contribution in [3.8, 4) is 0 Å². The fourth-order valence-electron chi connectivity index (χ4n) is 2.78. The molecule has 0 saturated heterocycles. The molecule has 2 fully saturated rings. The van der Waals surface area contributed by atoms with Crippen LogP contribution in [0.4, 0.5) is 0 Å². The smallest absolute Gasteiger partial charge is 0.267 e. The Kier molecular flexibility index (Phi) is 4.25. The lowest BCUT2D eigenvalue weighted by molar-refractivity contribution is 0.158. The van der Waals surface area contributed by atoms with E-state index >= 15 is 0 Å². The molecule has 0 N–H and O–H groups in total. The molecule has 0 heterocycles. The van der Waals surface area contributed by atoms with Crippen LogP contribution in [0.15, 0.2) is 0 Å². The van der Waals surface area contributed by atoms with E-state index in [0.29, 0.717) is 0 Å². The molecule has 0 aromatic carbocycles. The maximum atomic E-state index is 12.0. The number of hydrogen-bond acceptors (Lipinski definition) is 3. The molecule has 0 aromatic heterocycles. The van der Waals surface area contributed by atoms with Crippen molar-refractivity contribution in [3.05, 3.63) is 0 Å². The Labute approximate surface area is 98.7 Å². The zero-order chi connectivity index (χ0) is 11.4. The summed E-state index contributed by atoms with van der Waals surface area (Å²) in [6.07, 6.45) is 10.1. The van der Waals surface area contributed by atoms with Gasteiger partial charge in [-0.2, -0.15) is 8.42 Å². The molecule has 0 amide bonds. The van der Waals surface area contributed by atoms with Crippen LogP contribution < -0.4 is 0 Å². The molecule has 2 aliphatic carbocycles. The van der Waals surface area contributed by atoms with Crippen molar-refractivity contribution in [2.75, 3.05) is 0 Å². The fraction of sp³-hybridized carbons (Fsp3) is 1.00. The van der Waals surface area contributed by atoms with Gasteiger partial charge in [-0.3, -0.25) is 4.18 Å². The molecule has 2 saturated carbocycles. The Morgan fingerprint density at radius 3 is 1.81 bits per heavy atom. The molecule has 4 heteroatoms. The highest BCUT2D eigenvalue weighted by Gasteiger charge is 2.31. The third kappa shape index (κ3) is 3.20. The molecule has 2 aliphatic rings. The summed E-state index contributed by atoms with van der Waals surface area (Å²) in [4.78, 5) is 0. The van der Waals surface area contributed by atoms with Crippen molar-refractivity contribution in [1.82, 2.24) is 0 Å². The Morgan fingerprint density at radius 1 is 0.750 bits per heavy atom. The van der Waals surface area contributed by atoms with E-state index in [1.807, 2.05) is 0 Å². The Bertz CT molecular complexity index is 298. The third-order valence-electron chi connectivity index (χ3n) is 3.78. The summed E-state index contributed by atoms with van der Waals surface area (Å²) in [7, 11) is -3.28. The van der Waals surface area contributed by atoms with Crippen LogP contribution in [-0.4, -0.2) is 19.8 Å². The number of hydrogen-bond donors (Lipinski definition) is 0.